The van der Waals surface area contributed by atoms with Gasteiger partial charge in [-0.25, -0.2) is 18.4 Å². The second-order valence-electron chi connectivity index (χ2n) is 9.90. The number of anilines is 1. The van der Waals surface area contributed by atoms with Crippen molar-refractivity contribution < 1.29 is 22.7 Å². The van der Waals surface area contributed by atoms with Crippen LogP contribution in [-0.2, 0) is 32.4 Å². The van der Waals surface area contributed by atoms with Gasteiger partial charge in [-0.1, -0.05) is 45.4 Å². The molecule has 1 heterocycles. The highest BCUT2D eigenvalue weighted by molar-refractivity contribution is 7.89. The van der Waals surface area contributed by atoms with Crippen molar-refractivity contribution in [2.24, 2.45) is 16.5 Å². The summed E-state index contributed by atoms with van der Waals surface area (Å²) in [5.74, 6) is -0.684. The van der Waals surface area contributed by atoms with Crippen LogP contribution < -0.4 is 10.5 Å². The Morgan fingerprint density at radius 2 is 1.83 bits per heavy atom. The Kier molecular flexibility index (Phi) is 7.15. The second-order valence-corrected chi connectivity index (χ2v) is 11.5. The molecule has 1 aromatic heterocycles. The molecule has 4 rings (SSSR count). The molecular weight excluding hydrogens is 478 g/mol. The fraction of sp³-hybridized carbons (Fsp3) is 0.370. The van der Waals surface area contributed by atoms with E-state index in [1.54, 1.807) is 0 Å². The van der Waals surface area contributed by atoms with E-state index in [4.69, 9.17) is 14.9 Å². The van der Waals surface area contributed by atoms with Crippen molar-refractivity contribution in [3.05, 3.63) is 65.4 Å². The van der Waals surface area contributed by atoms with Gasteiger partial charge in [-0.2, -0.15) is 0 Å². The van der Waals surface area contributed by atoms with Crippen molar-refractivity contribution in [3.63, 3.8) is 0 Å². The Bertz CT molecular complexity index is 1420. The Labute approximate surface area is 211 Å². The number of ether oxygens (including phenoxy) is 1. The lowest BCUT2D eigenvalue weighted by Gasteiger charge is -2.37. The number of aryl methyl sites for hydroxylation is 1. The summed E-state index contributed by atoms with van der Waals surface area (Å²) in [6, 6.07) is 12.9. The molecule has 3 aromatic rings. The van der Waals surface area contributed by atoms with E-state index in [0.29, 0.717) is 17.2 Å². The molecule has 1 aliphatic carbocycles. The van der Waals surface area contributed by atoms with Crippen molar-refractivity contribution in [2.45, 2.75) is 51.3 Å². The minimum atomic E-state index is -3.83. The number of amides is 1. The van der Waals surface area contributed by atoms with E-state index in [-0.39, 0.29) is 10.3 Å². The average Bonchev–Trinajstić information content (AvgIpc) is 2.85. The number of nitrogens with one attached hydrogen (secondary N) is 1. The molecule has 0 spiro atoms. The predicted octanol–water partition coefficient (Wildman–Crippen LogP) is 4.22. The molecule has 0 saturated carbocycles. The van der Waals surface area contributed by atoms with Crippen molar-refractivity contribution in [2.75, 3.05) is 11.9 Å². The van der Waals surface area contributed by atoms with Crippen LogP contribution in [0.15, 0.2) is 53.4 Å². The lowest BCUT2D eigenvalue weighted by molar-refractivity contribution is -0.119. The van der Waals surface area contributed by atoms with E-state index in [0.717, 1.165) is 47.8 Å². The SMILES string of the molecule is CCC(C)(C)[C@H]1CCc2nc3ccccc3c(C(=O)OCC(=O)Nc3ccc(S(N)(=O)=O)cc3)c2C1. The summed E-state index contributed by atoms with van der Waals surface area (Å²) in [6.45, 7) is 6.22. The third-order valence-electron chi connectivity index (χ3n) is 7.28. The zero-order chi connectivity index (χ0) is 26.1. The summed E-state index contributed by atoms with van der Waals surface area (Å²) in [7, 11) is -3.83. The molecule has 0 unspecified atom stereocenters. The summed E-state index contributed by atoms with van der Waals surface area (Å²) in [5.41, 5.74) is 3.54. The molecule has 36 heavy (non-hydrogen) atoms. The van der Waals surface area contributed by atoms with E-state index in [2.05, 4.69) is 26.1 Å². The Morgan fingerprint density at radius 3 is 2.50 bits per heavy atom. The first-order valence-corrected chi connectivity index (χ1v) is 13.5. The number of benzene rings is 2. The summed E-state index contributed by atoms with van der Waals surface area (Å²) < 4.78 is 28.3. The number of hydrogen-bond acceptors (Lipinski definition) is 6. The van der Waals surface area contributed by atoms with E-state index < -0.39 is 28.5 Å². The highest BCUT2D eigenvalue weighted by atomic mass is 32.2. The molecule has 0 saturated heterocycles. The van der Waals surface area contributed by atoms with Crippen LogP contribution in [0.3, 0.4) is 0 Å². The van der Waals surface area contributed by atoms with Gasteiger partial charge < -0.3 is 10.1 Å². The zero-order valence-electron chi connectivity index (χ0n) is 20.7. The molecule has 1 amide bonds. The fourth-order valence-corrected chi connectivity index (χ4v) is 5.22. The molecule has 9 heteroatoms. The van der Waals surface area contributed by atoms with Crippen molar-refractivity contribution in [3.8, 4) is 0 Å². The number of nitrogens with zero attached hydrogens (tertiary/aromatic N) is 1. The van der Waals surface area contributed by atoms with Gasteiger partial charge in [0, 0.05) is 16.8 Å². The molecule has 0 bridgehead atoms. The number of primary sulfonamides is 1. The first kappa shape index (κ1) is 25.8. The van der Waals surface area contributed by atoms with E-state index >= 15 is 0 Å². The van der Waals surface area contributed by atoms with Crippen LogP contribution in [0.25, 0.3) is 10.9 Å². The molecule has 8 nitrogen and oxygen atoms in total. The summed E-state index contributed by atoms with van der Waals surface area (Å²) >= 11 is 0. The topological polar surface area (TPSA) is 128 Å². The third kappa shape index (κ3) is 5.42. The maximum atomic E-state index is 13.4. The first-order valence-electron chi connectivity index (χ1n) is 12.0. The third-order valence-corrected chi connectivity index (χ3v) is 8.21. The minimum absolute atomic E-state index is 0.0641. The van der Waals surface area contributed by atoms with E-state index in [9.17, 15) is 18.0 Å². The normalized spacial score (nSPS) is 15.8. The molecule has 0 radical (unpaired) electrons. The number of nitrogens with two attached hydrogens (primary N) is 1. The smallest absolute Gasteiger partial charge is 0.339 e. The highest BCUT2D eigenvalue weighted by Gasteiger charge is 2.34. The van der Waals surface area contributed by atoms with Crippen molar-refractivity contribution >= 4 is 38.5 Å². The summed E-state index contributed by atoms with van der Waals surface area (Å²) in [6.07, 6.45) is 3.58. The number of hydrogen-bond donors (Lipinski definition) is 2. The van der Waals surface area contributed by atoms with Gasteiger partial charge in [0.05, 0.1) is 16.0 Å². The van der Waals surface area contributed by atoms with Crippen molar-refractivity contribution in [1.82, 2.24) is 4.98 Å². The number of aromatic nitrogens is 1. The van der Waals surface area contributed by atoms with Crippen LogP contribution in [0.1, 0.15) is 55.2 Å². The largest absolute Gasteiger partial charge is 0.452 e. The van der Waals surface area contributed by atoms with Crippen LogP contribution >= 0.6 is 0 Å². The Balaban J connectivity index is 1.55. The maximum absolute atomic E-state index is 13.4. The monoisotopic (exact) mass is 509 g/mol. The van der Waals surface area contributed by atoms with Crippen LogP contribution in [-0.4, -0.2) is 31.9 Å². The van der Waals surface area contributed by atoms with Gasteiger partial charge in [0.15, 0.2) is 6.61 Å². The lowest BCUT2D eigenvalue weighted by Crippen LogP contribution is -2.31. The van der Waals surface area contributed by atoms with Crippen LogP contribution in [0.4, 0.5) is 5.69 Å². The number of pyridine rings is 1. The molecule has 190 valence electrons. The number of esters is 1. The van der Waals surface area contributed by atoms with Gasteiger partial charge in [-0.05, 0) is 66.5 Å². The quantitative estimate of drug-likeness (QED) is 0.459. The molecule has 1 atom stereocenters. The van der Waals surface area contributed by atoms with Gasteiger partial charge in [0.25, 0.3) is 5.91 Å². The average molecular weight is 510 g/mol. The summed E-state index contributed by atoms with van der Waals surface area (Å²) in [5, 5.41) is 8.41. The minimum Gasteiger partial charge on any atom is -0.452 e. The zero-order valence-corrected chi connectivity index (χ0v) is 21.5. The number of carbonyl (C=O) groups is 2. The molecule has 0 aliphatic heterocycles. The molecule has 0 fully saturated rings. The number of fused-ring (bicyclic) bond motifs is 2. The van der Waals surface area contributed by atoms with Crippen LogP contribution in [0.5, 0.6) is 0 Å². The Hall–Kier alpha value is -3.30. The number of sulfonamides is 1. The second kappa shape index (κ2) is 9.99. The van der Waals surface area contributed by atoms with Gasteiger partial charge in [0.1, 0.15) is 0 Å². The van der Waals surface area contributed by atoms with Crippen molar-refractivity contribution in [1.29, 1.82) is 0 Å². The summed E-state index contributed by atoms with van der Waals surface area (Å²) in [4.78, 5) is 30.6. The van der Waals surface area contributed by atoms with Gasteiger partial charge in [-0.15, -0.1) is 0 Å². The number of carbonyl (C=O) groups excluding carboxylic acids is 2. The molecular formula is C27H31N3O5S. The first-order chi connectivity index (χ1) is 17.0. The lowest BCUT2D eigenvalue weighted by atomic mass is 9.68. The maximum Gasteiger partial charge on any atom is 0.339 e. The van der Waals surface area contributed by atoms with Gasteiger partial charge in [0.2, 0.25) is 10.0 Å². The van der Waals surface area contributed by atoms with E-state index in [1.165, 1.54) is 24.3 Å². The van der Waals surface area contributed by atoms with Gasteiger partial charge in [-0.3, -0.25) is 9.78 Å². The standard InChI is InChI=1S/C27H31N3O5S/c1-4-27(2,3)17-9-14-23-21(15-17)25(20-7-5-6-8-22(20)30-23)26(32)35-16-24(31)29-18-10-12-19(13-11-18)36(28,33)34/h5-8,10-13,17H,4,9,14-16H2,1-3H3,(H,29,31)(H2,28,33,34)/t17-/m0/s1. The molecule has 1 aliphatic rings. The Morgan fingerprint density at radius 1 is 1.14 bits per heavy atom. The van der Waals surface area contributed by atoms with Crippen LogP contribution in [0, 0.1) is 11.3 Å². The predicted molar refractivity (Wildman–Crippen MR) is 138 cm³/mol. The van der Waals surface area contributed by atoms with Crippen LogP contribution in [0.2, 0.25) is 0 Å². The number of para-hydroxylation sites is 1. The molecule has 2 aromatic carbocycles. The highest BCUT2D eigenvalue weighted by Crippen LogP contribution is 2.41. The molecule has 3 N–H and O–H groups in total. The number of rotatable bonds is 7. The van der Waals surface area contributed by atoms with E-state index in [1.807, 2.05) is 24.3 Å². The van der Waals surface area contributed by atoms with Gasteiger partial charge >= 0.3 is 5.97 Å². The fourth-order valence-electron chi connectivity index (χ4n) is 4.71.